The van der Waals surface area contributed by atoms with Crippen LogP contribution in [0.2, 0.25) is 0 Å². The van der Waals surface area contributed by atoms with Gasteiger partial charge in [-0.1, -0.05) is 11.8 Å². The molecule has 0 saturated carbocycles. The Bertz CT molecular complexity index is 565. The molecule has 0 unspecified atom stereocenters. The van der Waals surface area contributed by atoms with Crippen LogP contribution in [0.5, 0.6) is 0 Å². The highest BCUT2D eigenvalue weighted by atomic mass is 16.5. The number of aliphatic hydroxyl groups is 1. The summed E-state index contributed by atoms with van der Waals surface area (Å²) in [6, 6.07) is 5.81. The van der Waals surface area contributed by atoms with E-state index >= 15 is 0 Å². The van der Waals surface area contributed by atoms with E-state index in [0.717, 1.165) is 24.0 Å². The van der Waals surface area contributed by atoms with Crippen molar-refractivity contribution in [1.82, 2.24) is 4.90 Å². The Morgan fingerprint density at radius 1 is 1.38 bits per heavy atom. The first-order chi connectivity index (χ1) is 10.1. The lowest BCUT2D eigenvalue weighted by molar-refractivity contribution is 0.0362. The number of hydrogen-bond acceptors (Lipinski definition) is 3. The fourth-order valence-corrected chi connectivity index (χ4v) is 2.56. The van der Waals surface area contributed by atoms with E-state index in [-0.39, 0.29) is 18.6 Å². The van der Waals surface area contributed by atoms with Crippen LogP contribution >= 0.6 is 0 Å². The molecule has 4 heteroatoms. The Balaban J connectivity index is 2.19. The van der Waals surface area contributed by atoms with E-state index in [9.17, 15) is 4.79 Å². The lowest BCUT2D eigenvalue weighted by Crippen LogP contribution is -2.40. The molecule has 0 spiro atoms. The summed E-state index contributed by atoms with van der Waals surface area (Å²) < 4.78 is 5.34. The van der Waals surface area contributed by atoms with E-state index in [1.807, 2.05) is 26.1 Å². The fraction of sp³-hybridized carbons (Fsp3) is 0.471. The second kappa shape index (κ2) is 7.26. The monoisotopic (exact) mass is 287 g/mol. The van der Waals surface area contributed by atoms with Crippen LogP contribution in [0.15, 0.2) is 18.2 Å². The third-order valence-corrected chi connectivity index (χ3v) is 3.69. The van der Waals surface area contributed by atoms with Gasteiger partial charge in [-0.25, -0.2) is 0 Å². The summed E-state index contributed by atoms with van der Waals surface area (Å²) >= 11 is 0. The summed E-state index contributed by atoms with van der Waals surface area (Å²) in [5, 5.41) is 8.77. The Hall–Kier alpha value is -1.83. The minimum Gasteiger partial charge on any atom is -0.384 e. The first-order valence-corrected chi connectivity index (χ1v) is 7.18. The zero-order valence-corrected chi connectivity index (χ0v) is 12.6. The molecule has 1 N–H and O–H groups in total. The van der Waals surface area contributed by atoms with Gasteiger partial charge in [-0.2, -0.15) is 0 Å². The molecule has 1 heterocycles. The fourth-order valence-electron chi connectivity index (χ4n) is 2.56. The van der Waals surface area contributed by atoms with Gasteiger partial charge in [-0.3, -0.25) is 4.79 Å². The third-order valence-electron chi connectivity index (χ3n) is 3.69. The van der Waals surface area contributed by atoms with Crippen molar-refractivity contribution in [2.75, 3.05) is 26.9 Å². The molecular weight excluding hydrogens is 266 g/mol. The quantitative estimate of drug-likeness (QED) is 0.840. The van der Waals surface area contributed by atoms with Crippen molar-refractivity contribution in [3.8, 4) is 11.8 Å². The molecule has 0 radical (unpaired) electrons. The molecule has 21 heavy (non-hydrogen) atoms. The average Bonchev–Trinajstić information content (AvgIpc) is 2.51. The second-order valence-corrected chi connectivity index (χ2v) is 5.31. The van der Waals surface area contributed by atoms with Crippen LogP contribution in [0.3, 0.4) is 0 Å². The summed E-state index contributed by atoms with van der Waals surface area (Å²) in [7, 11) is 1.85. The van der Waals surface area contributed by atoms with Crippen molar-refractivity contribution in [3.05, 3.63) is 34.9 Å². The van der Waals surface area contributed by atoms with Crippen molar-refractivity contribution >= 4 is 5.91 Å². The molecule has 0 bridgehead atoms. The largest absolute Gasteiger partial charge is 0.384 e. The molecule has 2 rings (SSSR count). The van der Waals surface area contributed by atoms with Crippen LogP contribution in [0.1, 0.15) is 34.3 Å². The predicted octanol–water partition coefficient (Wildman–Crippen LogP) is 1.59. The van der Waals surface area contributed by atoms with Gasteiger partial charge in [-0.15, -0.1) is 0 Å². The second-order valence-electron chi connectivity index (χ2n) is 5.31. The number of ether oxygens (including phenoxy) is 1. The van der Waals surface area contributed by atoms with Crippen molar-refractivity contribution in [2.24, 2.45) is 0 Å². The number of benzene rings is 1. The van der Waals surface area contributed by atoms with Gasteiger partial charge in [0.2, 0.25) is 0 Å². The van der Waals surface area contributed by atoms with Crippen LogP contribution < -0.4 is 0 Å². The molecule has 1 aromatic rings. The Labute approximate surface area is 125 Å². The number of rotatable bonds is 2. The number of hydrogen-bond donors (Lipinski definition) is 1. The predicted molar refractivity (Wildman–Crippen MR) is 81.1 cm³/mol. The highest BCUT2D eigenvalue weighted by Crippen LogP contribution is 2.17. The first kappa shape index (κ1) is 15.6. The molecule has 1 saturated heterocycles. The standard InChI is InChI=1S/C17H21NO3/c1-13-10-14(4-3-7-19)12-15(11-13)17(20)18(2)16-5-8-21-9-6-16/h10-12,16,19H,5-9H2,1-2H3. The van der Waals surface area contributed by atoms with Crippen molar-refractivity contribution < 1.29 is 14.6 Å². The summed E-state index contributed by atoms with van der Waals surface area (Å²) in [5.41, 5.74) is 2.39. The first-order valence-electron chi connectivity index (χ1n) is 7.18. The topological polar surface area (TPSA) is 49.8 Å². The zero-order valence-electron chi connectivity index (χ0n) is 12.6. The number of nitrogens with zero attached hydrogens (tertiary/aromatic N) is 1. The molecule has 0 atom stereocenters. The highest BCUT2D eigenvalue weighted by Gasteiger charge is 2.23. The van der Waals surface area contributed by atoms with Crippen LogP contribution in [-0.2, 0) is 4.74 Å². The number of carbonyl (C=O) groups excluding carboxylic acids is 1. The van der Waals surface area contributed by atoms with Gasteiger partial charge in [-0.05, 0) is 43.5 Å². The van der Waals surface area contributed by atoms with Crippen LogP contribution in [-0.4, -0.2) is 48.8 Å². The van der Waals surface area contributed by atoms with Crippen LogP contribution in [0, 0.1) is 18.8 Å². The van der Waals surface area contributed by atoms with Crippen molar-refractivity contribution in [3.63, 3.8) is 0 Å². The molecule has 0 aliphatic carbocycles. The molecule has 1 amide bonds. The molecule has 1 aromatic carbocycles. The summed E-state index contributed by atoms with van der Waals surface area (Å²) in [5.74, 6) is 5.48. The summed E-state index contributed by atoms with van der Waals surface area (Å²) in [4.78, 5) is 14.4. The number of amides is 1. The van der Waals surface area contributed by atoms with Gasteiger partial charge in [0.05, 0.1) is 0 Å². The van der Waals surface area contributed by atoms with E-state index < -0.39 is 0 Å². The van der Waals surface area contributed by atoms with Gasteiger partial charge in [0.1, 0.15) is 6.61 Å². The zero-order chi connectivity index (χ0) is 15.2. The Kier molecular flexibility index (Phi) is 5.38. The molecule has 1 aliphatic rings. The molecule has 0 aromatic heterocycles. The summed E-state index contributed by atoms with van der Waals surface area (Å²) in [6.07, 6.45) is 1.76. The minimum absolute atomic E-state index is 0.0117. The Morgan fingerprint density at radius 2 is 2.10 bits per heavy atom. The average molecular weight is 287 g/mol. The maximum atomic E-state index is 12.6. The number of carbonyl (C=O) groups is 1. The third kappa shape index (κ3) is 4.07. The molecule has 112 valence electrons. The number of aryl methyl sites for hydroxylation is 1. The molecule has 4 nitrogen and oxygen atoms in total. The van der Waals surface area contributed by atoms with E-state index in [2.05, 4.69) is 11.8 Å². The van der Waals surface area contributed by atoms with Crippen molar-refractivity contribution in [2.45, 2.75) is 25.8 Å². The summed E-state index contributed by atoms with van der Waals surface area (Å²) in [6.45, 7) is 3.18. The lowest BCUT2D eigenvalue weighted by atomic mass is 10.0. The minimum atomic E-state index is -0.181. The van der Waals surface area contributed by atoms with Gasteiger partial charge in [0.25, 0.3) is 5.91 Å². The van der Waals surface area contributed by atoms with E-state index in [1.54, 1.807) is 11.0 Å². The lowest BCUT2D eigenvalue weighted by Gasteiger charge is -2.31. The molecular formula is C17H21NO3. The SMILES string of the molecule is Cc1cc(C#CCO)cc(C(=O)N(C)C2CCOCC2)c1. The highest BCUT2D eigenvalue weighted by molar-refractivity contribution is 5.94. The number of aliphatic hydroxyl groups excluding tert-OH is 1. The normalized spacial score (nSPS) is 15.2. The van der Waals surface area contributed by atoms with Gasteiger partial charge in [0, 0.05) is 37.4 Å². The van der Waals surface area contributed by atoms with E-state index in [0.29, 0.717) is 18.8 Å². The maximum absolute atomic E-state index is 12.6. The van der Waals surface area contributed by atoms with E-state index in [4.69, 9.17) is 9.84 Å². The van der Waals surface area contributed by atoms with Crippen LogP contribution in [0.25, 0.3) is 0 Å². The van der Waals surface area contributed by atoms with Gasteiger partial charge in [0.15, 0.2) is 0 Å². The molecule has 1 fully saturated rings. The smallest absolute Gasteiger partial charge is 0.253 e. The Morgan fingerprint density at radius 3 is 2.76 bits per heavy atom. The van der Waals surface area contributed by atoms with Crippen molar-refractivity contribution in [1.29, 1.82) is 0 Å². The van der Waals surface area contributed by atoms with Gasteiger partial charge < -0.3 is 14.7 Å². The molecule has 1 aliphatic heterocycles. The van der Waals surface area contributed by atoms with E-state index in [1.165, 1.54) is 0 Å². The maximum Gasteiger partial charge on any atom is 0.253 e. The van der Waals surface area contributed by atoms with Crippen LogP contribution in [0.4, 0.5) is 0 Å². The van der Waals surface area contributed by atoms with Gasteiger partial charge >= 0.3 is 0 Å².